The zero-order valence-electron chi connectivity index (χ0n) is 11.4. The molecule has 0 aliphatic heterocycles. The van der Waals surface area contributed by atoms with Crippen molar-refractivity contribution >= 4 is 22.4 Å². The molecule has 4 nitrogen and oxygen atoms in total. The molecule has 2 rings (SSSR count). The van der Waals surface area contributed by atoms with Crippen LogP contribution in [0.2, 0.25) is 0 Å². The van der Waals surface area contributed by atoms with Crippen LogP contribution in [0.5, 0.6) is 0 Å². The molecule has 1 aromatic carbocycles. The van der Waals surface area contributed by atoms with E-state index in [1.54, 1.807) is 12.1 Å². The predicted molar refractivity (Wildman–Crippen MR) is 77.3 cm³/mol. The van der Waals surface area contributed by atoms with Crippen molar-refractivity contribution in [2.75, 3.05) is 5.32 Å². The Morgan fingerprint density at radius 1 is 1.40 bits per heavy atom. The SMILES string of the molecule is CC(C)c1nnc(NC(=O)CCc2cccc(F)c2)s1. The third kappa shape index (κ3) is 4.09. The molecule has 1 heterocycles. The average molecular weight is 293 g/mol. The molecule has 0 saturated heterocycles. The van der Waals surface area contributed by atoms with Crippen LogP contribution in [0.3, 0.4) is 0 Å². The molecule has 0 spiro atoms. The number of nitrogens with one attached hydrogen (secondary N) is 1. The van der Waals surface area contributed by atoms with E-state index < -0.39 is 0 Å². The number of rotatable bonds is 5. The standard InChI is InChI=1S/C14H16FN3OS/c1-9(2)13-17-18-14(20-13)16-12(19)7-6-10-4-3-5-11(15)8-10/h3-5,8-9H,6-7H2,1-2H3,(H,16,18,19). The van der Waals surface area contributed by atoms with E-state index in [1.165, 1.54) is 23.5 Å². The van der Waals surface area contributed by atoms with Crippen molar-refractivity contribution in [2.45, 2.75) is 32.6 Å². The second kappa shape index (κ2) is 6.56. The number of amides is 1. The van der Waals surface area contributed by atoms with Gasteiger partial charge in [-0.05, 0) is 24.1 Å². The fourth-order valence-electron chi connectivity index (χ4n) is 1.65. The van der Waals surface area contributed by atoms with E-state index in [9.17, 15) is 9.18 Å². The largest absolute Gasteiger partial charge is 0.301 e. The van der Waals surface area contributed by atoms with Crippen LogP contribution in [0, 0.1) is 5.82 Å². The first-order valence-electron chi connectivity index (χ1n) is 6.42. The summed E-state index contributed by atoms with van der Waals surface area (Å²) in [6.07, 6.45) is 0.791. The highest BCUT2D eigenvalue weighted by molar-refractivity contribution is 7.15. The van der Waals surface area contributed by atoms with Crippen molar-refractivity contribution in [3.63, 3.8) is 0 Å². The fraction of sp³-hybridized carbons (Fsp3) is 0.357. The lowest BCUT2D eigenvalue weighted by atomic mass is 10.1. The van der Waals surface area contributed by atoms with Gasteiger partial charge in [0.25, 0.3) is 0 Å². The number of halogens is 1. The molecule has 0 unspecified atom stereocenters. The van der Waals surface area contributed by atoms with Crippen LogP contribution in [0.25, 0.3) is 0 Å². The van der Waals surface area contributed by atoms with E-state index in [-0.39, 0.29) is 11.7 Å². The van der Waals surface area contributed by atoms with Crippen LogP contribution in [-0.4, -0.2) is 16.1 Å². The summed E-state index contributed by atoms with van der Waals surface area (Å²) in [6.45, 7) is 4.05. The monoisotopic (exact) mass is 293 g/mol. The van der Waals surface area contributed by atoms with Gasteiger partial charge in [0, 0.05) is 12.3 Å². The molecule has 106 valence electrons. The number of carbonyl (C=O) groups is 1. The normalized spacial score (nSPS) is 10.8. The van der Waals surface area contributed by atoms with Crippen molar-refractivity contribution in [1.82, 2.24) is 10.2 Å². The Labute approximate surface area is 121 Å². The van der Waals surface area contributed by atoms with Gasteiger partial charge in [0.15, 0.2) is 0 Å². The maximum absolute atomic E-state index is 13.0. The molecule has 0 saturated carbocycles. The number of hydrogen-bond acceptors (Lipinski definition) is 4. The lowest BCUT2D eigenvalue weighted by Crippen LogP contribution is -2.12. The molecule has 20 heavy (non-hydrogen) atoms. The number of carbonyl (C=O) groups excluding carboxylic acids is 1. The van der Waals surface area contributed by atoms with E-state index in [4.69, 9.17) is 0 Å². The average Bonchev–Trinajstić information content (AvgIpc) is 2.85. The molecule has 0 atom stereocenters. The van der Waals surface area contributed by atoms with Gasteiger partial charge >= 0.3 is 0 Å². The fourth-order valence-corrected chi connectivity index (χ4v) is 2.41. The van der Waals surface area contributed by atoms with Gasteiger partial charge in [0.05, 0.1) is 0 Å². The minimum atomic E-state index is -0.284. The van der Waals surface area contributed by atoms with Crippen LogP contribution in [0.1, 0.15) is 36.8 Å². The Bertz CT molecular complexity index is 598. The third-order valence-corrected chi connectivity index (χ3v) is 3.85. The van der Waals surface area contributed by atoms with E-state index in [0.717, 1.165) is 10.6 Å². The Morgan fingerprint density at radius 3 is 2.85 bits per heavy atom. The van der Waals surface area contributed by atoms with Crippen LogP contribution in [0.15, 0.2) is 24.3 Å². The second-order valence-electron chi connectivity index (χ2n) is 4.78. The molecule has 1 N–H and O–H groups in total. The number of benzene rings is 1. The molecule has 0 fully saturated rings. The van der Waals surface area contributed by atoms with Gasteiger partial charge in [-0.3, -0.25) is 4.79 Å². The van der Waals surface area contributed by atoms with Gasteiger partial charge in [0.2, 0.25) is 11.0 Å². The summed E-state index contributed by atoms with van der Waals surface area (Å²) in [6, 6.07) is 6.27. The molecule has 0 radical (unpaired) electrons. The summed E-state index contributed by atoms with van der Waals surface area (Å²) in [5.74, 6) is -0.125. The van der Waals surface area contributed by atoms with Crippen molar-refractivity contribution in [2.24, 2.45) is 0 Å². The van der Waals surface area contributed by atoms with Gasteiger partial charge < -0.3 is 5.32 Å². The summed E-state index contributed by atoms with van der Waals surface area (Å²) in [4.78, 5) is 11.8. The third-order valence-electron chi connectivity index (χ3n) is 2.71. The topological polar surface area (TPSA) is 54.9 Å². The Morgan fingerprint density at radius 2 is 2.20 bits per heavy atom. The Balaban J connectivity index is 1.86. The second-order valence-corrected chi connectivity index (χ2v) is 5.79. The number of aryl methyl sites for hydroxylation is 1. The number of aromatic nitrogens is 2. The highest BCUT2D eigenvalue weighted by Gasteiger charge is 2.10. The van der Waals surface area contributed by atoms with Crippen LogP contribution in [0.4, 0.5) is 9.52 Å². The highest BCUT2D eigenvalue weighted by Crippen LogP contribution is 2.22. The van der Waals surface area contributed by atoms with Gasteiger partial charge in [0.1, 0.15) is 10.8 Å². The van der Waals surface area contributed by atoms with E-state index in [0.29, 0.717) is 23.9 Å². The Hall–Kier alpha value is -1.82. The van der Waals surface area contributed by atoms with Crippen molar-refractivity contribution in [3.8, 4) is 0 Å². The summed E-state index contributed by atoms with van der Waals surface area (Å²) < 4.78 is 13.0. The summed E-state index contributed by atoms with van der Waals surface area (Å²) in [5, 5.41) is 12.0. The molecule has 1 aromatic heterocycles. The van der Waals surface area contributed by atoms with Crippen molar-refractivity contribution < 1.29 is 9.18 Å². The summed E-state index contributed by atoms with van der Waals surface area (Å²) in [5.41, 5.74) is 0.806. The molecule has 1 amide bonds. The number of anilines is 1. The van der Waals surface area contributed by atoms with Gasteiger partial charge in [-0.25, -0.2) is 4.39 Å². The first-order chi connectivity index (χ1) is 9.54. The lowest BCUT2D eigenvalue weighted by Gasteiger charge is -2.02. The maximum Gasteiger partial charge on any atom is 0.226 e. The zero-order chi connectivity index (χ0) is 14.5. The van der Waals surface area contributed by atoms with E-state index >= 15 is 0 Å². The van der Waals surface area contributed by atoms with E-state index in [2.05, 4.69) is 15.5 Å². The molecule has 0 aliphatic rings. The Kier molecular flexibility index (Phi) is 4.79. The quantitative estimate of drug-likeness (QED) is 0.919. The van der Waals surface area contributed by atoms with Crippen molar-refractivity contribution in [3.05, 3.63) is 40.7 Å². The molecule has 6 heteroatoms. The molecular formula is C14H16FN3OS. The van der Waals surface area contributed by atoms with Gasteiger partial charge in [-0.15, -0.1) is 10.2 Å². The number of nitrogens with zero attached hydrogens (tertiary/aromatic N) is 2. The van der Waals surface area contributed by atoms with Crippen LogP contribution < -0.4 is 5.32 Å². The molecule has 0 bridgehead atoms. The van der Waals surface area contributed by atoms with Gasteiger partial charge in [-0.1, -0.05) is 37.3 Å². The first-order valence-corrected chi connectivity index (χ1v) is 7.24. The van der Waals surface area contributed by atoms with Gasteiger partial charge in [-0.2, -0.15) is 0 Å². The zero-order valence-corrected chi connectivity index (χ0v) is 12.2. The van der Waals surface area contributed by atoms with Crippen molar-refractivity contribution in [1.29, 1.82) is 0 Å². The highest BCUT2D eigenvalue weighted by atomic mass is 32.1. The summed E-state index contributed by atoms with van der Waals surface area (Å²) in [7, 11) is 0. The predicted octanol–water partition coefficient (Wildman–Crippen LogP) is 3.37. The smallest absolute Gasteiger partial charge is 0.226 e. The maximum atomic E-state index is 13.0. The minimum absolute atomic E-state index is 0.138. The lowest BCUT2D eigenvalue weighted by molar-refractivity contribution is -0.116. The molecule has 0 aliphatic carbocycles. The first kappa shape index (κ1) is 14.6. The van der Waals surface area contributed by atoms with Crippen LogP contribution in [-0.2, 0) is 11.2 Å². The summed E-state index contributed by atoms with van der Waals surface area (Å²) >= 11 is 1.38. The number of hydrogen-bond donors (Lipinski definition) is 1. The molecular weight excluding hydrogens is 277 g/mol. The van der Waals surface area contributed by atoms with Crippen LogP contribution >= 0.6 is 11.3 Å². The minimum Gasteiger partial charge on any atom is -0.301 e. The van der Waals surface area contributed by atoms with E-state index in [1.807, 2.05) is 13.8 Å². The molecule has 2 aromatic rings.